The van der Waals surface area contributed by atoms with E-state index in [2.05, 4.69) is 32.8 Å². The molecule has 0 radical (unpaired) electrons. The Kier molecular flexibility index (Phi) is 3.62. The number of nitrogens with zero attached hydrogens (tertiary/aromatic N) is 1. The van der Waals surface area contributed by atoms with Crippen LogP contribution in [0.4, 0.5) is 0 Å². The number of rotatable bonds is 1. The molecular weight excluding hydrogens is 218 g/mol. The molecule has 0 saturated heterocycles. The van der Waals surface area contributed by atoms with Gasteiger partial charge in [0, 0.05) is 17.8 Å². The number of methoxy groups -OCH3 is 1. The van der Waals surface area contributed by atoms with Crippen LogP contribution in [0.3, 0.4) is 0 Å². The van der Waals surface area contributed by atoms with Crippen molar-refractivity contribution < 1.29 is 4.74 Å². The maximum Gasteiger partial charge on any atom is 0.212 e. The van der Waals surface area contributed by atoms with E-state index in [0.29, 0.717) is 11.2 Å². The molecule has 0 spiro atoms. The van der Waals surface area contributed by atoms with Gasteiger partial charge >= 0.3 is 0 Å². The molecular formula is C9H8BrNO. The molecule has 3 heteroatoms. The van der Waals surface area contributed by atoms with Gasteiger partial charge in [0.25, 0.3) is 0 Å². The molecule has 62 valence electrons. The van der Waals surface area contributed by atoms with Gasteiger partial charge in [0.05, 0.1) is 12.4 Å². The summed E-state index contributed by atoms with van der Waals surface area (Å²) in [6, 6.07) is 3.67. The predicted octanol–water partition coefficient (Wildman–Crippen LogP) is 1.84. The van der Waals surface area contributed by atoms with Crippen molar-refractivity contribution in [1.82, 2.24) is 4.98 Å². The Balaban J connectivity index is 2.78. The average molecular weight is 226 g/mol. The molecule has 0 atom stereocenters. The minimum absolute atomic E-state index is 0.611. The highest BCUT2D eigenvalue weighted by Gasteiger charge is 1.90. The fraction of sp³-hybridized carbons (Fsp3) is 0.222. The second-order valence-electron chi connectivity index (χ2n) is 2.02. The molecule has 1 aromatic heterocycles. The van der Waals surface area contributed by atoms with Crippen molar-refractivity contribution in [2.75, 3.05) is 12.4 Å². The van der Waals surface area contributed by atoms with Crippen molar-refractivity contribution in [2.24, 2.45) is 0 Å². The van der Waals surface area contributed by atoms with Gasteiger partial charge in [0.1, 0.15) is 0 Å². The highest BCUT2D eigenvalue weighted by atomic mass is 79.9. The topological polar surface area (TPSA) is 22.1 Å². The summed E-state index contributed by atoms with van der Waals surface area (Å²) < 4.78 is 4.91. The Morgan fingerprint density at radius 3 is 2.92 bits per heavy atom. The first-order valence-corrected chi connectivity index (χ1v) is 4.54. The van der Waals surface area contributed by atoms with Gasteiger partial charge in [0.2, 0.25) is 5.88 Å². The third-order valence-corrected chi connectivity index (χ3v) is 1.53. The Bertz CT molecular complexity index is 297. The average Bonchev–Trinajstić information content (AvgIpc) is 2.15. The molecule has 1 heterocycles. The summed E-state index contributed by atoms with van der Waals surface area (Å²) in [5, 5.41) is 0.680. The molecule has 0 aliphatic rings. The lowest BCUT2D eigenvalue weighted by Crippen LogP contribution is -1.86. The minimum atomic E-state index is 0.611. The molecule has 12 heavy (non-hydrogen) atoms. The molecule has 1 rings (SSSR count). The molecule has 0 saturated carbocycles. The molecule has 0 fully saturated rings. The van der Waals surface area contributed by atoms with Crippen LogP contribution in [0.5, 0.6) is 5.88 Å². The van der Waals surface area contributed by atoms with E-state index in [9.17, 15) is 0 Å². The molecule has 0 amide bonds. The molecule has 0 aromatic carbocycles. The van der Waals surface area contributed by atoms with E-state index < -0.39 is 0 Å². The Morgan fingerprint density at radius 2 is 2.42 bits per heavy atom. The number of pyridine rings is 1. The van der Waals surface area contributed by atoms with Gasteiger partial charge in [-0.15, -0.1) is 0 Å². The van der Waals surface area contributed by atoms with Crippen molar-refractivity contribution in [3.63, 3.8) is 0 Å². The third kappa shape index (κ3) is 2.55. The standard InChI is InChI=1S/C9H8BrNO/c1-12-9-5-4-8(7-11-9)3-2-6-10/h4-5,7H,6H2,1H3. The number of halogens is 1. The van der Waals surface area contributed by atoms with Gasteiger partial charge in [-0.25, -0.2) is 4.98 Å². The number of alkyl halides is 1. The lowest BCUT2D eigenvalue weighted by Gasteiger charge is -1.95. The fourth-order valence-electron chi connectivity index (χ4n) is 0.710. The quantitative estimate of drug-likeness (QED) is 0.538. The zero-order valence-electron chi connectivity index (χ0n) is 6.67. The first kappa shape index (κ1) is 9.08. The maximum absolute atomic E-state index is 4.91. The van der Waals surface area contributed by atoms with Crippen LogP contribution in [0.1, 0.15) is 5.56 Å². The van der Waals surface area contributed by atoms with E-state index in [1.54, 1.807) is 19.4 Å². The number of aromatic nitrogens is 1. The summed E-state index contributed by atoms with van der Waals surface area (Å²) in [5.74, 6) is 6.43. The number of hydrogen-bond acceptors (Lipinski definition) is 2. The molecule has 0 bridgehead atoms. The summed E-state index contributed by atoms with van der Waals surface area (Å²) in [6.07, 6.45) is 1.69. The number of ether oxygens (including phenoxy) is 1. The van der Waals surface area contributed by atoms with Crippen molar-refractivity contribution in [3.05, 3.63) is 23.9 Å². The Hall–Kier alpha value is -1.01. The summed E-state index contributed by atoms with van der Waals surface area (Å²) in [5.41, 5.74) is 0.898. The smallest absolute Gasteiger partial charge is 0.212 e. The predicted molar refractivity (Wildman–Crippen MR) is 51.5 cm³/mol. The summed E-state index contributed by atoms with van der Waals surface area (Å²) in [7, 11) is 1.59. The summed E-state index contributed by atoms with van der Waals surface area (Å²) in [4.78, 5) is 4.01. The second-order valence-corrected chi connectivity index (χ2v) is 2.59. The van der Waals surface area contributed by atoms with Crippen molar-refractivity contribution in [2.45, 2.75) is 0 Å². The van der Waals surface area contributed by atoms with Crippen LogP contribution in [0.25, 0.3) is 0 Å². The highest BCUT2D eigenvalue weighted by Crippen LogP contribution is 2.04. The van der Waals surface area contributed by atoms with Crippen LogP contribution in [-0.2, 0) is 0 Å². The molecule has 1 aromatic rings. The van der Waals surface area contributed by atoms with Crippen LogP contribution < -0.4 is 4.74 Å². The molecule has 0 unspecified atom stereocenters. The fourth-order valence-corrected chi connectivity index (χ4v) is 0.851. The third-order valence-electron chi connectivity index (χ3n) is 1.25. The first-order chi connectivity index (χ1) is 5.86. The van der Waals surface area contributed by atoms with Gasteiger partial charge in [-0.2, -0.15) is 0 Å². The summed E-state index contributed by atoms with van der Waals surface area (Å²) >= 11 is 3.22. The van der Waals surface area contributed by atoms with Crippen LogP contribution in [-0.4, -0.2) is 17.4 Å². The summed E-state index contributed by atoms with van der Waals surface area (Å²) in [6.45, 7) is 0. The molecule has 0 N–H and O–H groups in total. The second kappa shape index (κ2) is 4.78. The zero-order chi connectivity index (χ0) is 8.81. The van der Waals surface area contributed by atoms with E-state index in [-0.39, 0.29) is 0 Å². The largest absolute Gasteiger partial charge is 0.481 e. The van der Waals surface area contributed by atoms with Crippen molar-refractivity contribution in [3.8, 4) is 17.7 Å². The van der Waals surface area contributed by atoms with Gasteiger partial charge in [-0.3, -0.25) is 0 Å². The van der Waals surface area contributed by atoms with Gasteiger partial charge < -0.3 is 4.74 Å². The molecule has 0 aliphatic heterocycles. The monoisotopic (exact) mass is 225 g/mol. The van der Waals surface area contributed by atoms with Gasteiger partial charge in [-0.1, -0.05) is 27.8 Å². The molecule has 2 nitrogen and oxygen atoms in total. The lowest BCUT2D eigenvalue weighted by atomic mass is 10.3. The van der Waals surface area contributed by atoms with Crippen LogP contribution in [0, 0.1) is 11.8 Å². The highest BCUT2D eigenvalue weighted by molar-refractivity contribution is 9.09. The SMILES string of the molecule is COc1ccc(C#CCBr)cn1. The Labute approximate surface area is 80.1 Å². The van der Waals surface area contributed by atoms with Crippen LogP contribution >= 0.6 is 15.9 Å². The lowest BCUT2D eigenvalue weighted by molar-refractivity contribution is 0.398. The van der Waals surface area contributed by atoms with Crippen LogP contribution in [0.2, 0.25) is 0 Å². The van der Waals surface area contributed by atoms with E-state index in [4.69, 9.17) is 4.74 Å². The van der Waals surface area contributed by atoms with Gasteiger partial charge in [-0.05, 0) is 6.07 Å². The maximum atomic E-state index is 4.91. The first-order valence-electron chi connectivity index (χ1n) is 3.41. The van der Waals surface area contributed by atoms with Crippen molar-refractivity contribution in [1.29, 1.82) is 0 Å². The number of hydrogen-bond donors (Lipinski definition) is 0. The van der Waals surface area contributed by atoms with E-state index in [0.717, 1.165) is 5.56 Å². The zero-order valence-corrected chi connectivity index (χ0v) is 8.26. The van der Waals surface area contributed by atoms with Crippen molar-refractivity contribution >= 4 is 15.9 Å². The normalized spacial score (nSPS) is 8.50. The Morgan fingerprint density at radius 1 is 1.58 bits per heavy atom. The van der Waals surface area contributed by atoms with Crippen LogP contribution in [0.15, 0.2) is 18.3 Å². The van der Waals surface area contributed by atoms with E-state index in [1.807, 2.05) is 6.07 Å². The van der Waals surface area contributed by atoms with E-state index >= 15 is 0 Å². The minimum Gasteiger partial charge on any atom is -0.481 e. The van der Waals surface area contributed by atoms with E-state index in [1.165, 1.54) is 0 Å². The van der Waals surface area contributed by atoms with Gasteiger partial charge in [0.15, 0.2) is 0 Å². The molecule has 0 aliphatic carbocycles.